The van der Waals surface area contributed by atoms with Gasteiger partial charge in [-0.05, 0) is 132 Å². The third kappa shape index (κ3) is 13.0. The topological polar surface area (TPSA) is 58.1 Å². The molecule has 9 nitrogen and oxygen atoms in total. The fraction of sp³-hybridized carbons (Fsp3) is 0.0400. The van der Waals surface area contributed by atoms with Crippen LogP contribution in [0.1, 0.15) is 16.7 Å². The molecule has 2 aromatic heterocycles. The number of hydrogen-bond acceptors (Lipinski definition) is 9. The van der Waals surface area contributed by atoms with Gasteiger partial charge in [-0.25, -0.2) is 15.0 Å². The minimum Gasteiger partial charge on any atom is -0.493 e. The second-order valence-electron chi connectivity index (χ2n) is 20.5. The van der Waals surface area contributed by atoms with Crippen molar-refractivity contribution in [1.29, 1.82) is 0 Å². The monoisotopic (exact) mass is 1660 g/mol. The van der Waals surface area contributed by atoms with E-state index in [4.69, 9.17) is 0 Å². The van der Waals surface area contributed by atoms with E-state index >= 15 is 0 Å². The first-order valence-corrected chi connectivity index (χ1v) is 28.0. The van der Waals surface area contributed by atoms with Gasteiger partial charge in [-0.2, -0.15) is 91.0 Å². The minimum absolute atomic E-state index is 0. The maximum Gasteiger partial charge on any atom is 0.145 e. The molecule has 3 aliphatic heterocycles. The number of rotatable bonds is 9. The van der Waals surface area contributed by atoms with Gasteiger partial charge in [-0.3, -0.25) is 0 Å². The Morgan fingerprint density at radius 3 is 1.03 bits per heavy atom. The smallest absolute Gasteiger partial charge is 0.145 e. The molecule has 0 atom stereocenters. The van der Waals surface area contributed by atoms with Crippen molar-refractivity contribution < 1.29 is 60.3 Å². The molecule has 0 bridgehead atoms. The predicted octanol–water partition coefficient (Wildman–Crippen LogP) is 18.8. The van der Waals surface area contributed by atoms with E-state index in [1.54, 1.807) is 12.4 Å². The van der Waals surface area contributed by atoms with Gasteiger partial charge in [0.05, 0.1) is 5.69 Å². The van der Waals surface area contributed by atoms with Gasteiger partial charge in [0.25, 0.3) is 0 Å². The summed E-state index contributed by atoms with van der Waals surface area (Å²) in [5.74, 6) is 2.54. The van der Waals surface area contributed by atoms with Crippen LogP contribution in [0.25, 0.3) is 33.4 Å². The third-order valence-electron chi connectivity index (χ3n) is 15.0. The molecule has 0 N–H and O–H groups in total. The van der Waals surface area contributed by atoms with Crippen LogP contribution in [0, 0.1) is 59.0 Å². The Labute approximate surface area is 551 Å². The molecule has 435 valence electrons. The Bertz CT molecular complexity index is 3770. The Hall–Kier alpha value is -8.82. The van der Waals surface area contributed by atoms with Crippen molar-refractivity contribution in [2.24, 2.45) is 0 Å². The molecule has 87 heavy (non-hydrogen) atoms. The number of hydrogen-bond donors (Lipinski definition) is 0. The molecule has 0 unspecified atom stereocenters. The molecule has 12 heteroatoms. The summed E-state index contributed by atoms with van der Waals surface area (Å²) in [6.45, 7) is 12.7. The number of anilines is 12. The quantitative estimate of drug-likeness (QED) is 0.132. The van der Waals surface area contributed by atoms with Gasteiger partial charge in [0.1, 0.15) is 17.5 Å². The van der Waals surface area contributed by atoms with E-state index in [2.05, 4.69) is 268 Å². The van der Waals surface area contributed by atoms with E-state index in [-0.39, 0.29) is 60.3 Å². The molecule has 3 aliphatic rings. The maximum absolute atomic E-state index is 4.65. The Morgan fingerprint density at radius 2 is 0.598 bits per heavy atom. The fourth-order valence-electron chi connectivity index (χ4n) is 10.9. The summed E-state index contributed by atoms with van der Waals surface area (Å²) in [7, 11) is 0. The second-order valence-corrected chi connectivity index (χ2v) is 20.5. The standard InChI is InChI=1S/C26H20N2.C25H19N3.C24H18N4.3Ir/c1-20-18-22(21-10-4-2-5-11-21)16-17-24(20)28-19-27(23-12-6-3-7-13-23)25-14-8-9-15-26(25)28;1-19-17-21(20-9-4-2-5-10-20)14-15-23(19)28-18-27(22-11-6-3-7-12-22)24-13-8-16-26-25(24)28;1-18-16-20(19-8-4-2-5-9-19)12-13-22(18)28-17-27(21-10-6-3-7-11-21)23-24(28)26-15-14-25-23;;;/h2-12,14-19H,1H3;2-11,13-18H,1H3;2-10,12-17H,1H3;;;/q3*-2;;;. The van der Waals surface area contributed by atoms with Gasteiger partial charge in [-0.1, -0.05) is 121 Å². The summed E-state index contributed by atoms with van der Waals surface area (Å²) in [5.41, 5.74) is 20.7. The van der Waals surface area contributed by atoms with Crippen LogP contribution in [0.2, 0.25) is 0 Å². The van der Waals surface area contributed by atoms with Gasteiger partial charge in [-0.15, -0.1) is 37.1 Å². The van der Waals surface area contributed by atoms with Crippen molar-refractivity contribution in [3.05, 3.63) is 328 Å². The maximum atomic E-state index is 4.65. The van der Waals surface area contributed by atoms with Crippen molar-refractivity contribution in [2.75, 3.05) is 29.4 Å². The third-order valence-corrected chi connectivity index (χ3v) is 15.0. The molecule has 15 rings (SSSR count). The SMILES string of the molecule is Cc1cc(-c2ccccc2)ccc1N1[CH-]N(c2[c-]cccc2)c2ccccc21.Cc1cc(-c2ccccc2)ccc1N1[CH-]N(c2[c-]cccc2)c2cccnc21.Cc1cc(-c2ccccc2)ccc1N1[CH-]N(c2[c-]cccc2)c2nccnc21.[Ir].[Ir].[Ir]. The van der Waals surface area contributed by atoms with E-state index in [0.717, 1.165) is 57.3 Å². The molecule has 12 aromatic rings. The average Bonchev–Trinajstić information content (AvgIpc) is 2.08. The molecular weight excluding hydrogens is 1600 g/mol. The zero-order valence-corrected chi connectivity index (χ0v) is 54.9. The van der Waals surface area contributed by atoms with Crippen LogP contribution in [0.3, 0.4) is 0 Å². The summed E-state index contributed by atoms with van der Waals surface area (Å²) in [5, 5.41) is 0. The molecule has 0 aliphatic carbocycles. The predicted molar refractivity (Wildman–Crippen MR) is 344 cm³/mol. The average molecular weight is 1660 g/mol. The van der Waals surface area contributed by atoms with E-state index in [9.17, 15) is 0 Å². The Balaban J connectivity index is 0.000000142. The van der Waals surface area contributed by atoms with E-state index < -0.39 is 0 Å². The van der Waals surface area contributed by atoms with Crippen LogP contribution < -0.4 is 29.4 Å². The molecule has 0 saturated heterocycles. The van der Waals surface area contributed by atoms with Crippen molar-refractivity contribution in [3.8, 4) is 33.4 Å². The number of fused-ring (bicyclic) bond motifs is 3. The molecule has 5 heterocycles. The molecule has 3 radical (unpaired) electrons. The number of benzene rings is 10. The number of aromatic nitrogens is 3. The van der Waals surface area contributed by atoms with Crippen molar-refractivity contribution >= 4 is 68.6 Å². The van der Waals surface area contributed by atoms with Gasteiger partial charge >= 0.3 is 0 Å². The largest absolute Gasteiger partial charge is 0.493 e. The molecule has 0 fully saturated rings. The van der Waals surface area contributed by atoms with Crippen LogP contribution >= 0.6 is 0 Å². The molecular formula is C75H57Ir3N9-6. The summed E-state index contributed by atoms with van der Waals surface area (Å²) in [6.07, 6.45) is 5.29. The summed E-state index contributed by atoms with van der Waals surface area (Å²) >= 11 is 0. The minimum atomic E-state index is 0. The first kappa shape index (κ1) is 61.3. The first-order chi connectivity index (χ1) is 41.4. The van der Waals surface area contributed by atoms with E-state index in [0.29, 0.717) is 0 Å². The van der Waals surface area contributed by atoms with E-state index in [1.807, 2.05) is 96.6 Å². The van der Waals surface area contributed by atoms with Crippen LogP contribution in [0.4, 0.5) is 68.6 Å². The zero-order chi connectivity index (χ0) is 56.8. The van der Waals surface area contributed by atoms with Gasteiger partial charge < -0.3 is 29.4 Å². The van der Waals surface area contributed by atoms with Crippen molar-refractivity contribution in [2.45, 2.75) is 20.8 Å². The normalized spacial score (nSPS) is 12.4. The van der Waals surface area contributed by atoms with Crippen LogP contribution in [-0.4, -0.2) is 15.0 Å². The number of para-hydroxylation sites is 5. The Kier molecular flexibility index (Phi) is 19.8. The summed E-state index contributed by atoms with van der Waals surface area (Å²) in [6, 6.07) is 97.6. The number of aryl methyl sites for hydroxylation is 3. The second kappa shape index (κ2) is 28.1. The molecule has 0 saturated carbocycles. The zero-order valence-electron chi connectivity index (χ0n) is 47.7. The van der Waals surface area contributed by atoms with Gasteiger partial charge in [0.2, 0.25) is 0 Å². The van der Waals surface area contributed by atoms with Crippen molar-refractivity contribution in [3.63, 3.8) is 0 Å². The molecule has 0 amide bonds. The number of pyridine rings is 1. The fourth-order valence-corrected chi connectivity index (χ4v) is 10.9. The molecule has 0 spiro atoms. The van der Waals surface area contributed by atoms with Crippen LogP contribution in [0.5, 0.6) is 0 Å². The summed E-state index contributed by atoms with van der Waals surface area (Å²) in [4.78, 5) is 26.7. The number of nitrogens with zero attached hydrogens (tertiary/aromatic N) is 9. The van der Waals surface area contributed by atoms with Crippen LogP contribution in [0.15, 0.2) is 273 Å². The Morgan fingerprint density at radius 1 is 0.264 bits per heavy atom. The van der Waals surface area contributed by atoms with E-state index in [1.165, 1.54) is 61.4 Å². The molecule has 10 aromatic carbocycles. The summed E-state index contributed by atoms with van der Waals surface area (Å²) < 4.78 is 0. The first-order valence-electron chi connectivity index (χ1n) is 28.0. The van der Waals surface area contributed by atoms with Crippen LogP contribution in [-0.2, 0) is 60.3 Å². The van der Waals surface area contributed by atoms with Crippen molar-refractivity contribution in [1.82, 2.24) is 15.0 Å². The van der Waals surface area contributed by atoms with Gasteiger partial charge in [0.15, 0.2) is 0 Å². The van der Waals surface area contributed by atoms with Gasteiger partial charge in [0, 0.05) is 107 Å².